The maximum Gasteiger partial charge on any atom is 0.233 e. The van der Waals surface area contributed by atoms with Crippen LogP contribution in [0.5, 0.6) is 11.6 Å². The Morgan fingerprint density at radius 2 is 2.17 bits per heavy atom. The second-order valence-electron chi connectivity index (χ2n) is 3.70. The quantitative estimate of drug-likeness (QED) is 0.697. The highest BCUT2D eigenvalue weighted by atomic mass is 79.9. The van der Waals surface area contributed by atoms with Gasteiger partial charge in [0, 0.05) is 11.9 Å². The van der Waals surface area contributed by atoms with Crippen LogP contribution >= 0.6 is 15.9 Å². The Kier molecular flexibility index (Phi) is 3.62. The van der Waals surface area contributed by atoms with Crippen LogP contribution in [-0.4, -0.2) is 10.8 Å². The molecule has 0 radical (unpaired) electrons. The van der Waals surface area contributed by atoms with E-state index in [-0.39, 0.29) is 5.78 Å². The molecule has 0 aliphatic carbocycles. The average molecular weight is 307 g/mol. The van der Waals surface area contributed by atoms with E-state index in [1.807, 2.05) is 6.07 Å². The van der Waals surface area contributed by atoms with E-state index in [1.54, 1.807) is 30.5 Å². The zero-order valence-electron chi connectivity index (χ0n) is 9.68. The Morgan fingerprint density at radius 1 is 1.39 bits per heavy atom. The maximum absolute atomic E-state index is 11.5. The molecule has 0 saturated heterocycles. The Morgan fingerprint density at radius 3 is 2.83 bits per heavy atom. The summed E-state index contributed by atoms with van der Waals surface area (Å²) in [5.74, 6) is 0.741. The van der Waals surface area contributed by atoms with E-state index in [0.29, 0.717) is 22.9 Å². The minimum absolute atomic E-state index is 0.107. The Balaban J connectivity index is 2.41. The normalized spacial score (nSPS) is 10.1. The number of ether oxygens (including phenoxy) is 1. The first kappa shape index (κ1) is 12.6. The first-order valence-electron chi connectivity index (χ1n) is 5.27. The topological polar surface area (TPSA) is 65.2 Å². The van der Waals surface area contributed by atoms with E-state index in [1.165, 1.54) is 6.92 Å². The van der Waals surface area contributed by atoms with Gasteiger partial charge in [0.05, 0.1) is 10.0 Å². The summed E-state index contributed by atoms with van der Waals surface area (Å²) in [5.41, 5.74) is 6.61. The lowest BCUT2D eigenvalue weighted by molar-refractivity contribution is 0.101. The fourth-order valence-corrected chi connectivity index (χ4v) is 1.80. The van der Waals surface area contributed by atoms with Crippen molar-refractivity contribution in [3.05, 3.63) is 46.6 Å². The van der Waals surface area contributed by atoms with Crippen molar-refractivity contribution in [2.75, 3.05) is 5.73 Å². The van der Waals surface area contributed by atoms with Crippen molar-refractivity contribution >= 4 is 27.4 Å². The summed E-state index contributed by atoms with van der Waals surface area (Å²) in [5, 5.41) is 0. The lowest BCUT2D eigenvalue weighted by Crippen LogP contribution is -2.00. The van der Waals surface area contributed by atoms with Crippen LogP contribution in [0, 0.1) is 0 Å². The van der Waals surface area contributed by atoms with E-state index < -0.39 is 0 Å². The SMILES string of the molecule is CC(=O)c1cc(N)ccc1Oc1ncccc1Br. The highest BCUT2D eigenvalue weighted by Crippen LogP contribution is 2.30. The summed E-state index contributed by atoms with van der Waals surface area (Å²) in [7, 11) is 0. The van der Waals surface area contributed by atoms with E-state index >= 15 is 0 Å². The van der Waals surface area contributed by atoms with Crippen LogP contribution in [-0.2, 0) is 0 Å². The molecular formula is C13H11BrN2O2. The van der Waals surface area contributed by atoms with Crippen molar-refractivity contribution in [3.8, 4) is 11.6 Å². The molecule has 0 aliphatic heterocycles. The number of benzene rings is 1. The zero-order valence-corrected chi connectivity index (χ0v) is 11.3. The van der Waals surface area contributed by atoms with Gasteiger partial charge in [0.2, 0.25) is 5.88 Å². The zero-order chi connectivity index (χ0) is 13.1. The second kappa shape index (κ2) is 5.18. The average Bonchev–Trinajstić information content (AvgIpc) is 2.34. The number of carbonyl (C=O) groups is 1. The number of nitrogens with zero attached hydrogens (tertiary/aromatic N) is 1. The fraction of sp³-hybridized carbons (Fsp3) is 0.0769. The molecule has 92 valence electrons. The van der Waals surface area contributed by atoms with Crippen LogP contribution in [0.15, 0.2) is 41.0 Å². The summed E-state index contributed by atoms with van der Waals surface area (Å²) in [6.45, 7) is 1.47. The molecular weight excluding hydrogens is 296 g/mol. The molecule has 1 heterocycles. The molecule has 0 saturated carbocycles. The molecule has 0 aliphatic rings. The first-order valence-corrected chi connectivity index (χ1v) is 6.06. The molecule has 0 bridgehead atoms. The van der Waals surface area contributed by atoms with Gasteiger partial charge in [-0.3, -0.25) is 4.79 Å². The van der Waals surface area contributed by atoms with Crippen molar-refractivity contribution in [1.29, 1.82) is 0 Å². The lowest BCUT2D eigenvalue weighted by atomic mass is 10.1. The minimum Gasteiger partial charge on any atom is -0.437 e. The maximum atomic E-state index is 11.5. The third-order valence-corrected chi connectivity index (χ3v) is 2.92. The van der Waals surface area contributed by atoms with E-state index in [4.69, 9.17) is 10.5 Å². The molecule has 1 aromatic heterocycles. The number of ketones is 1. The van der Waals surface area contributed by atoms with Crippen molar-refractivity contribution in [2.24, 2.45) is 0 Å². The predicted octanol–water partition coefficient (Wildman–Crippen LogP) is 3.42. The van der Waals surface area contributed by atoms with Crippen molar-refractivity contribution in [3.63, 3.8) is 0 Å². The van der Waals surface area contributed by atoms with Crippen LogP contribution in [0.25, 0.3) is 0 Å². The van der Waals surface area contributed by atoms with Gasteiger partial charge in [-0.15, -0.1) is 0 Å². The number of aromatic nitrogens is 1. The fourth-order valence-electron chi connectivity index (χ4n) is 1.46. The number of pyridine rings is 1. The minimum atomic E-state index is -0.107. The van der Waals surface area contributed by atoms with Gasteiger partial charge in [-0.1, -0.05) is 0 Å². The summed E-state index contributed by atoms with van der Waals surface area (Å²) in [6.07, 6.45) is 1.62. The van der Waals surface area contributed by atoms with Crippen LogP contribution in [0.4, 0.5) is 5.69 Å². The van der Waals surface area contributed by atoms with Crippen molar-refractivity contribution < 1.29 is 9.53 Å². The number of Topliss-reactive ketones (excluding diaryl/α,β-unsaturated/α-hetero) is 1. The molecule has 0 amide bonds. The molecule has 0 fully saturated rings. The van der Waals surface area contributed by atoms with E-state index in [0.717, 1.165) is 4.47 Å². The Labute approximate surface area is 113 Å². The van der Waals surface area contributed by atoms with E-state index in [2.05, 4.69) is 20.9 Å². The number of hydrogen-bond donors (Lipinski definition) is 1. The third kappa shape index (κ3) is 2.68. The number of rotatable bonds is 3. The van der Waals surface area contributed by atoms with E-state index in [9.17, 15) is 4.79 Å². The summed E-state index contributed by atoms with van der Waals surface area (Å²) < 4.78 is 6.34. The van der Waals surface area contributed by atoms with Gasteiger partial charge in [-0.2, -0.15) is 0 Å². The van der Waals surface area contributed by atoms with Crippen LogP contribution in [0.3, 0.4) is 0 Å². The van der Waals surface area contributed by atoms with Crippen molar-refractivity contribution in [2.45, 2.75) is 6.92 Å². The number of nitrogens with two attached hydrogens (primary N) is 1. The van der Waals surface area contributed by atoms with Gasteiger partial charge in [0.25, 0.3) is 0 Å². The molecule has 2 N–H and O–H groups in total. The first-order chi connectivity index (χ1) is 8.58. The standard InChI is InChI=1S/C13H11BrN2O2/c1-8(17)10-7-9(15)4-5-12(10)18-13-11(14)3-2-6-16-13/h2-7H,15H2,1H3. The van der Waals surface area contributed by atoms with Crippen LogP contribution in [0.2, 0.25) is 0 Å². The molecule has 0 atom stereocenters. The van der Waals surface area contributed by atoms with Gasteiger partial charge < -0.3 is 10.5 Å². The number of hydrogen-bond acceptors (Lipinski definition) is 4. The molecule has 2 aromatic rings. The molecule has 18 heavy (non-hydrogen) atoms. The van der Waals surface area contributed by atoms with Crippen LogP contribution < -0.4 is 10.5 Å². The highest BCUT2D eigenvalue weighted by molar-refractivity contribution is 9.10. The van der Waals surface area contributed by atoms with Gasteiger partial charge in [-0.25, -0.2) is 4.98 Å². The van der Waals surface area contributed by atoms with Gasteiger partial charge >= 0.3 is 0 Å². The molecule has 5 heteroatoms. The Hall–Kier alpha value is -1.88. The third-order valence-electron chi connectivity index (χ3n) is 2.31. The largest absolute Gasteiger partial charge is 0.437 e. The predicted molar refractivity (Wildman–Crippen MR) is 72.9 cm³/mol. The Bertz CT molecular complexity index is 599. The number of halogens is 1. The second-order valence-corrected chi connectivity index (χ2v) is 4.56. The van der Waals surface area contributed by atoms with Crippen molar-refractivity contribution in [1.82, 2.24) is 4.98 Å². The monoisotopic (exact) mass is 306 g/mol. The lowest BCUT2D eigenvalue weighted by Gasteiger charge is -2.10. The number of anilines is 1. The van der Waals surface area contributed by atoms with Gasteiger partial charge in [0.1, 0.15) is 5.75 Å². The summed E-state index contributed by atoms with van der Waals surface area (Å²) in [4.78, 5) is 15.6. The molecule has 1 aromatic carbocycles. The summed E-state index contributed by atoms with van der Waals surface area (Å²) >= 11 is 3.33. The summed E-state index contributed by atoms with van der Waals surface area (Å²) in [6, 6.07) is 8.53. The molecule has 0 unspecified atom stereocenters. The number of carbonyl (C=O) groups excluding carboxylic acids is 1. The molecule has 4 nitrogen and oxygen atoms in total. The smallest absolute Gasteiger partial charge is 0.233 e. The van der Waals surface area contributed by atoms with Gasteiger partial charge in [0.15, 0.2) is 5.78 Å². The highest BCUT2D eigenvalue weighted by Gasteiger charge is 2.11. The van der Waals surface area contributed by atoms with Gasteiger partial charge in [-0.05, 0) is 53.2 Å². The molecule has 0 spiro atoms. The number of nitrogen functional groups attached to an aromatic ring is 1. The van der Waals surface area contributed by atoms with Crippen LogP contribution in [0.1, 0.15) is 17.3 Å². The molecule has 2 rings (SSSR count).